The molecule has 2 N–H and O–H groups in total. The van der Waals surface area contributed by atoms with Gasteiger partial charge in [0, 0.05) is 17.6 Å². The van der Waals surface area contributed by atoms with E-state index >= 15 is 0 Å². The lowest BCUT2D eigenvalue weighted by Crippen LogP contribution is -2.30. The van der Waals surface area contributed by atoms with E-state index < -0.39 is 0 Å². The van der Waals surface area contributed by atoms with Crippen LogP contribution in [0.15, 0.2) is 35.8 Å². The van der Waals surface area contributed by atoms with Gasteiger partial charge in [-0.1, -0.05) is 6.07 Å². The number of aromatic nitrogens is 1. The number of nitrogens with zero attached hydrogens (tertiary/aromatic N) is 2. The average Bonchev–Trinajstić information content (AvgIpc) is 2.93. The second-order valence-corrected chi connectivity index (χ2v) is 5.43. The summed E-state index contributed by atoms with van der Waals surface area (Å²) in [5.74, 6) is 0.0539. The van der Waals surface area contributed by atoms with Crippen LogP contribution in [0.2, 0.25) is 0 Å². The van der Waals surface area contributed by atoms with Gasteiger partial charge in [0.2, 0.25) is 5.91 Å². The van der Waals surface area contributed by atoms with Gasteiger partial charge in [-0.25, -0.2) is 0 Å². The fraction of sp³-hybridized carbons (Fsp3) is 0.286. The number of nitrogen functional groups attached to an aromatic ring is 1. The molecule has 0 spiro atoms. The molecular formula is C14H17N3OS. The molecule has 1 atom stereocenters. The smallest absolute Gasteiger partial charge is 0.228 e. The van der Waals surface area contributed by atoms with Crippen LogP contribution >= 0.6 is 11.3 Å². The number of anilines is 1. The molecular weight excluding hydrogens is 258 g/mol. The lowest BCUT2D eigenvalue weighted by molar-refractivity contribution is -0.131. The molecule has 1 unspecified atom stereocenters. The molecule has 2 rings (SSSR count). The first-order valence-electron chi connectivity index (χ1n) is 6.07. The van der Waals surface area contributed by atoms with Crippen LogP contribution in [-0.2, 0) is 11.2 Å². The first kappa shape index (κ1) is 13.5. The number of carbonyl (C=O) groups excluding carboxylic acids is 1. The quantitative estimate of drug-likeness (QED) is 0.932. The Kier molecular flexibility index (Phi) is 4.16. The fourth-order valence-electron chi connectivity index (χ4n) is 1.76. The van der Waals surface area contributed by atoms with Gasteiger partial charge in [0.05, 0.1) is 24.3 Å². The minimum absolute atomic E-state index is 0.0539. The van der Waals surface area contributed by atoms with Gasteiger partial charge in [-0.2, -0.15) is 0 Å². The Hall–Kier alpha value is -1.88. The Morgan fingerprint density at radius 2 is 2.26 bits per heavy atom. The van der Waals surface area contributed by atoms with Gasteiger partial charge in [-0.3, -0.25) is 9.78 Å². The minimum Gasteiger partial charge on any atom is -0.397 e. The van der Waals surface area contributed by atoms with Crippen molar-refractivity contribution in [3.05, 3.63) is 46.4 Å². The lowest BCUT2D eigenvalue weighted by Gasteiger charge is -2.24. The van der Waals surface area contributed by atoms with E-state index in [0.717, 1.165) is 5.69 Å². The first-order valence-corrected chi connectivity index (χ1v) is 6.95. The molecule has 0 aliphatic rings. The molecule has 19 heavy (non-hydrogen) atoms. The fourth-order valence-corrected chi connectivity index (χ4v) is 2.58. The number of thiophene rings is 1. The van der Waals surface area contributed by atoms with E-state index in [-0.39, 0.29) is 11.9 Å². The Labute approximate surface area is 116 Å². The zero-order chi connectivity index (χ0) is 13.8. The molecule has 0 aromatic carbocycles. The predicted octanol–water partition coefficient (Wildman–Crippen LogP) is 2.49. The summed E-state index contributed by atoms with van der Waals surface area (Å²) >= 11 is 1.66. The number of hydrogen-bond acceptors (Lipinski definition) is 4. The van der Waals surface area contributed by atoms with E-state index in [1.165, 1.54) is 4.88 Å². The van der Waals surface area contributed by atoms with Gasteiger partial charge in [-0.05, 0) is 30.5 Å². The van der Waals surface area contributed by atoms with E-state index in [9.17, 15) is 4.79 Å². The predicted molar refractivity (Wildman–Crippen MR) is 77.9 cm³/mol. The summed E-state index contributed by atoms with van der Waals surface area (Å²) in [5, 5.41) is 2.02. The lowest BCUT2D eigenvalue weighted by atomic mass is 10.2. The van der Waals surface area contributed by atoms with Crippen molar-refractivity contribution in [3.63, 3.8) is 0 Å². The number of amides is 1. The van der Waals surface area contributed by atoms with E-state index in [0.29, 0.717) is 12.1 Å². The zero-order valence-electron chi connectivity index (χ0n) is 11.0. The largest absolute Gasteiger partial charge is 0.397 e. The highest BCUT2D eigenvalue weighted by atomic mass is 32.1. The molecule has 0 radical (unpaired) electrons. The summed E-state index contributed by atoms with van der Waals surface area (Å²) in [5.41, 5.74) is 6.92. The second kappa shape index (κ2) is 5.84. The van der Waals surface area contributed by atoms with Gasteiger partial charge < -0.3 is 10.6 Å². The minimum atomic E-state index is 0.0539. The number of likely N-dealkylation sites (N-methyl/N-ethyl adjacent to an activating group) is 1. The second-order valence-electron chi connectivity index (χ2n) is 4.46. The Balaban J connectivity index is 2.01. The highest BCUT2D eigenvalue weighted by Gasteiger charge is 2.18. The van der Waals surface area contributed by atoms with Crippen LogP contribution in [0.4, 0.5) is 5.69 Å². The third-order valence-corrected chi connectivity index (χ3v) is 4.15. The van der Waals surface area contributed by atoms with E-state index in [4.69, 9.17) is 5.73 Å². The Morgan fingerprint density at radius 1 is 1.47 bits per heavy atom. The van der Waals surface area contributed by atoms with Crippen molar-refractivity contribution in [2.45, 2.75) is 19.4 Å². The number of nitrogens with two attached hydrogens (primary N) is 1. The zero-order valence-corrected chi connectivity index (χ0v) is 11.9. The topological polar surface area (TPSA) is 59.2 Å². The SMILES string of the molecule is CC(c1cccs1)N(C)C(=O)Cc1ccc(N)cn1. The summed E-state index contributed by atoms with van der Waals surface area (Å²) in [6.07, 6.45) is 1.87. The third kappa shape index (κ3) is 3.32. The van der Waals surface area contributed by atoms with Crippen LogP contribution < -0.4 is 5.73 Å². The molecule has 100 valence electrons. The summed E-state index contributed by atoms with van der Waals surface area (Å²) in [6, 6.07) is 7.67. The van der Waals surface area contributed by atoms with E-state index in [1.807, 2.05) is 31.5 Å². The molecule has 4 nitrogen and oxygen atoms in total. The normalized spacial score (nSPS) is 12.1. The van der Waals surface area contributed by atoms with Crippen LogP contribution in [0.25, 0.3) is 0 Å². The maximum atomic E-state index is 12.2. The third-order valence-electron chi connectivity index (χ3n) is 3.11. The van der Waals surface area contributed by atoms with Gasteiger partial charge in [-0.15, -0.1) is 11.3 Å². The van der Waals surface area contributed by atoms with Crippen LogP contribution in [0, 0.1) is 0 Å². The monoisotopic (exact) mass is 275 g/mol. The number of hydrogen-bond donors (Lipinski definition) is 1. The van der Waals surface area contributed by atoms with Crippen molar-refractivity contribution < 1.29 is 4.79 Å². The maximum Gasteiger partial charge on any atom is 0.228 e. The van der Waals surface area contributed by atoms with Crippen molar-refractivity contribution in [3.8, 4) is 0 Å². The molecule has 5 heteroatoms. The van der Waals surface area contributed by atoms with Crippen molar-refractivity contribution in [2.75, 3.05) is 12.8 Å². The highest BCUT2D eigenvalue weighted by molar-refractivity contribution is 7.10. The number of rotatable bonds is 4. The molecule has 0 saturated carbocycles. The van der Waals surface area contributed by atoms with Crippen LogP contribution in [0.5, 0.6) is 0 Å². The highest BCUT2D eigenvalue weighted by Crippen LogP contribution is 2.23. The van der Waals surface area contributed by atoms with E-state index in [2.05, 4.69) is 4.98 Å². The molecule has 2 aromatic rings. The Bertz CT molecular complexity index is 536. The van der Waals surface area contributed by atoms with Crippen LogP contribution in [0.1, 0.15) is 23.5 Å². The van der Waals surface area contributed by atoms with Crippen molar-refractivity contribution in [1.82, 2.24) is 9.88 Å². The number of pyridine rings is 1. The molecule has 2 aromatic heterocycles. The van der Waals surface area contributed by atoms with Crippen molar-refractivity contribution in [2.24, 2.45) is 0 Å². The molecule has 0 saturated heterocycles. The average molecular weight is 275 g/mol. The van der Waals surface area contributed by atoms with Gasteiger partial charge in [0.25, 0.3) is 0 Å². The summed E-state index contributed by atoms with van der Waals surface area (Å²) in [7, 11) is 1.82. The summed E-state index contributed by atoms with van der Waals surface area (Å²) in [6.45, 7) is 2.03. The molecule has 0 fully saturated rings. The molecule has 2 heterocycles. The first-order chi connectivity index (χ1) is 9.08. The van der Waals surface area contributed by atoms with Gasteiger partial charge in [0.15, 0.2) is 0 Å². The number of carbonyl (C=O) groups is 1. The van der Waals surface area contributed by atoms with Crippen LogP contribution in [-0.4, -0.2) is 22.8 Å². The standard InChI is InChI=1S/C14H17N3OS/c1-10(13-4-3-7-19-13)17(2)14(18)8-12-6-5-11(15)9-16-12/h3-7,9-10H,8,15H2,1-2H3. The van der Waals surface area contributed by atoms with Gasteiger partial charge in [0.1, 0.15) is 0 Å². The maximum absolute atomic E-state index is 12.2. The Morgan fingerprint density at radius 3 is 2.84 bits per heavy atom. The summed E-state index contributed by atoms with van der Waals surface area (Å²) in [4.78, 5) is 19.3. The van der Waals surface area contributed by atoms with Crippen molar-refractivity contribution in [1.29, 1.82) is 0 Å². The molecule has 0 bridgehead atoms. The van der Waals surface area contributed by atoms with Crippen LogP contribution in [0.3, 0.4) is 0 Å². The van der Waals surface area contributed by atoms with Gasteiger partial charge >= 0.3 is 0 Å². The van der Waals surface area contributed by atoms with Crippen molar-refractivity contribution >= 4 is 22.9 Å². The summed E-state index contributed by atoms with van der Waals surface area (Å²) < 4.78 is 0. The molecule has 0 aliphatic heterocycles. The molecule has 1 amide bonds. The molecule has 0 aliphatic carbocycles. The van der Waals surface area contributed by atoms with E-state index in [1.54, 1.807) is 34.6 Å².